The summed E-state index contributed by atoms with van der Waals surface area (Å²) in [7, 11) is 0. The topological polar surface area (TPSA) is 79.2 Å². The summed E-state index contributed by atoms with van der Waals surface area (Å²) in [5.74, 6) is 1.44. The molecule has 51 heavy (non-hydrogen) atoms. The zero-order valence-electron chi connectivity index (χ0n) is 34.5. The van der Waals surface area contributed by atoms with Crippen LogP contribution in [0.1, 0.15) is 226 Å². The van der Waals surface area contributed by atoms with E-state index in [-0.39, 0.29) is 18.7 Å². The van der Waals surface area contributed by atoms with Crippen molar-refractivity contribution in [2.45, 2.75) is 239 Å². The number of aliphatic hydroxyl groups excluding tert-OH is 2. The summed E-state index contributed by atoms with van der Waals surface area (Å²) >= 11 is 0. The number of hydrogen-bond donors (Lipinski definition) is 2. The molecular weight excluding hydrogens is 634 g/mol. The average molecular weight is 724 g/mol. The van der Waals surface area contributed by atoms with E-state index in [9.17, 15) is 15.0 Å². The predicted octanol–water partition coefficient (Wildman–Crippen LogP) is 12.3. The van der Waals surface area contributed by atoms with Gasteiger partial charge in [-0.25, -0.2) is 0 Å². The van der Waals surface area contributed by atoms with Crippen LogP contribution in [0.3, 0.4) is 0 Å². The van der Waals surface area contributed by atoms with E-state index in [0.29, 0.717) is 18.9 Å². The first kappa shape index (κ1) is 48.3. The zero-order chi connectivity index (χ0) is 37.0. The van der Waals surface area contributed by atoms with Gasteiger partial charge < -0.3 is 24.6 Å². The molecule has 1 saturated carbocycles. The lowest BCUT2D eigenvalue weighted by atomic mass is 10.0. The van der Waals surface area contributed by atoms with Gasteiger partial charge in [-0.2, -0.15) is 0 Å². The van der Waals surface area contributed by atoms with Crippen LogP contribution in [-0.4, -0.2) is 66.3 Å². The number of carbonyl (C=O) groups is 1. The number of hydrogen-bond acceptors (Lipinski definition) is 6. The minimum absolute atomic E-state index is 0.00323. The van der Waals surface area contributed by atoms with Crippen LogP contribution in [0.25, 0.3) is 0 Å². The Labute approximate surface area is 318 Å². The molecule has 0 aliphatic heterocycles. The first-order valence-corrected chi connectivity index (χ1v) is 22.9. The highest BCUT2D eigenvalue weighted by molar-refractivity contribution is 5.69. The summed E-state index contributed by atoms with van der Waals surface area (Å²) in [6.45, 7) is 10.5. The lowest BCUT2D eigenvalue weighted by molar-refractivity contribution is -0.144. The van der Waals surface area contributed by atoms with Crippen molar-refractivity contribution in [3.63, 3.8) is 0 Å². The minimum atomic E-state index is -0.616. The third-order valence-electron chi connectivity index (χ3n) is 11.3. The van der Waals surface area contributed by atoms with Crippen molar-refractivity contribution < 1.29 is 24.5 Å². The van der Waals surface area contributed by atoms with Crippen molar-refractivity contribution >= 4 is 5.97 Å². The molecule has 0 bridgehead atoms. The highest BCUT2D eigenvalue weighted by Gasteiger charge is 2.37. The van der Waals surface area contributed by atoms with Crippen LogP contribution in [0.2, 0.25) is 0 Å². The summed E-state index contributed by atoms with van der Waals surface area (Å²) in [6.07, 6.45) is 38.0. The van der Waals surface area contributed by atoms with Crippen molar-refractivity contribution in [3.8, 4) is 0 Å². The number of unbranched alkanes of at least 4 members (excludes halogenated alkanes) is 21. The monoisotopic (exact) mass is 724 g/mol. The van der Waals surface area contributed by atoms with Crippen LogP contribution in [0.4, 0.5) is 0 Å². The molecule has 0 saturated heterocycles. The number of aliphatic hydroxyl groups is 2. The fourth-order valence-corrected chi connectivity index (χ4v) is 7.65. The fraction of sp³-hybridized carbons (Fsp3) is 0.978. The van der Waals surface area contributed by atoms with Crippen molar-refractivity contribution in [1.82, 2.24) is 4.90 Å². The van der Waals surface area contributed by atoms with Gasteiger partial charge in [0, 0.05) is 13.0 Å². The molecule has 2 N–H and O–H groups in total. The van der Waals surface area contributed by atoms with E-state index in [1.54, 1.807) is 0 Å². The molecule has 0 heterocycles. The average Bonchev–Trinajstić information content (AvgIpc) is 3.89. The number of esters is 1. The van der Waals surface area contributed by atoms with Crippen LogP contribution < -0.4 is 0 Å². The Bertz CT molecular complexity index is 719. The van der Waals surface area contributed by atoms with E-state index in [4.69, 9.17) is 9.47 Å². The molecule has 0 aromatic carbocycles. The van der Waals surface area contributed by atoms with Gasteiger partial charge in [0.05, 0.1) is 19.3 Å². The number of rotatable bonds is 41. The SMILES string of the molecule is CCCCCCCCC(CCCCCCCC)OC(O)CCCCCCCN(CCO)CCCCCCCC(=O)OCC1CC1CCCCCC. The van der Waals surface area contributed by atoms with Gasteiger partial charge in [0.1, 0.15) is 0 Å². The second kappa shape index (κ2) is 36.3. The lowest BCUT2D eigenvalue weighted by Gasteiger charge is -2.22. The van der Waals surface area contributed by atoms with Crippen LogP contribution in [0, 0.1) is 11.8 Å². The second-order valence-corrected chi connectivity index (χ2v) is 16.3. The second-order valence-electron chi connectivity index (χ2n) is 16.3. The summed E-state index contributed by atoms with van der Waals surface area (Å²) in [5, 5.41) is 20.2. The molecule has 0 aromatic heterocycles. The highest BCUT2D eigenvalue weighted by atomic mass is 16.6. The molecule has 0 spiro atoms. The largest absolute Gasteiger partial charge is 0.465 e. The molecule has 6 nitrogen and oxygen atoms in total. The third kappa shape index (κ3) is 31.4. The van der Waals surface area contributed by atoms with Gasteiger partial charge in [-0.3, -0.25) is 4.79 Å². The van der Waals surface area contributed by atoms with Crippen LogP contribution >= 0.6 is 0 Å². The number of ether oxygens (including phenoxy) is 2. The van der Waals surface area contributed by atoms with Crippen molar-refractivity contribution in [1.29, 1.82) is 0 Å². The Balaban J connectivity index is 2.06. The molecule has 0 radical (unpaired) electrons. The van der Waals surface area contributed by atoms with E-state index in [1.165, 1.54) is 141 Å². The van der Waals surface area contributed by atoms with E-state index in [0.717, 1.165) is 83.3 Å². The Hall–Kier alpha value is -0.690. The Morgan fingerprint density at radius 3 is 1.61 bits per heavy atom. The van der Waals surface area contributed by atoms with Crippen molar-refractivity contribution in [2.75, 3.05) is 32.8 Å². The Morgan fingerprint density at radius 2 is 1.06 bits per heavy atom. The first-order valence-electron chi connectivity index (χ1n) is 22.9. The Morgan fingerprint density at radius 1 is 0.588 bits per heavy atom. The molecule has 0 aromatic rings. The normalized spacial score (nSPS) is 16.4. The highest BCUT2D eigenvalue weighted by Crippen LogP contribution is 2.42. The van der Waals surface area contributed by atoms with Gasteiger partial charge in [-0.1, -0.05) is 168 Å². The van der Waals surface area contributed by atoms with E-state index in [2.05, 4.69) is 25.7 Å². The van der Waals surface area contributed by atoms with Crippen LogP contribution in [0.15, 0.2) is 0 Å². The van der Waals surface area contributed by atoms with E-state index in [1.807, 2.05) is 0 Å². The maximum Gasteiger partial charge on any atom is 0.305 e. The molecule has 304 valence electrons. The van der Waals surface area contributed by atoms with E-state index >= 15 is 0 Å². The summed E-state index contributed by atoms with van der Waals surface area (Å²) in [4.78, 5) is 14.6. The maximum absolute atomic E-state index is 12.1. The fourth-order valence-electron chi connectivity index (χ4n) is 7.65. The molecule has 1 aliphatic rings. The van der Waals surface area contributed by atoms with Gasteiger partial charge in [0.15, 0.2) is 6.29 Å². The van der Waals surface area contributed by atoms with Gasteiger partial charge in [-0.05, 0) is 76.3 Å². The molecule has 1 rings (SSSR count). The number of carbonyl (C=O) groups excluding carboxylic acids is 1. The van der Waals surface area contributed by atoms with Crippen LogP contribution in [-0.2, 0) is 14.3 Å². The minimum Gasteiger partial charge on any atom is -0.465 e. The zero-order valence-corrected chi connectivity index (χ0v) is 34.5. The van der Waals surface area contributed by atoms with Crippen molar-refractivity contribution in [3.05, 3.63) is 0 Å². The molecular formula is C45H89NO5. The maximum atomic E-state index is 12.1. The summed E-state index contributed by atoms with van der Waals surface area (Å²) < 4.78 is 11.8. The van der Waals surface area contributed by atoms with E-state index < -0.39 is 6.29 Å². The molecule has 3 unspecified atom stereocenters. The summed E-state index contributed by atoms with van der Waals surface area (Å²) in [6, 6.07) is 0. The Kier molecular flexibility index (Phi) is 34.4. The molecule has 1 fully saturated rings. The van der Waals surface area contributed by atoms with Gasteiger partial charge in [0.25, 0.3) is 0 Å². The van der Waals surface area contributed by atoms with Gasteiger partial charge in [-0.15, -0.1) is 0 Å². The quantitative estimate of drug-likeness (QED) is 0.0371. The lowest BCUT2D eigenvalue weighted by Crippen LogP contribution is -2.29. The number of nitrogens with zero attached hydrogens (tertiary/aromatic N) is 1. The molecule has 1 aliphatic carbocycles. The standard InChI is InChI=1S/C45H89NO5/c1-4-7-10-13-17-24-31-43(32-25-18-14-11-8-5-2)51-45(49)34-27-20-16-22-29-36-46(37-38-47)35-28-21-15-19-26-33-44(48)50-40-42-39-41(42)30-23-12-9-6-3/h41-43,45,47,49H,4-40H2,1-3H3. The molecule has 6 heteroatoms. The summed E-state index contributed by atoms with van der Waals surface area (Å²) in [5.41, 5.74) is 0. The predicted molar refractivity (Wildman–Crippen MR) is 217 cm³/mol. The molecule has 0 amide bonds. The molecule has 3 atom stereocenters. The first-order chi connectivity index (χ1) is 25.0. The smallest absolute Gasteiger partial charge is 0.305 e. The van der Waals surface area contributed by atoms with Crippen molar-refractivity contribution in [2.24, 2.45) is 11.8 Å². The third-order valence-corrected chi connectivity index (χ3v) is 11.3. The van der Waals surface area contributed by atoms with Gasteiger partial charge >= 0.3 is 5.97 Å². The van der Waals surface area contributed by atoms with Gasteiger partial charge in [0.2, 0.25) is 0 Å². The van der Waals surface area contributed by atoms with Crippen LogP contribution in [0.5, 0.6) is 0 Å².